The van der Waals surface area contributed by atoms with Gasteiger partial charge in [0.05, 0.1) is 17.6 Å². The van der Waals surface area contributed by atoms with Crippen LogP contribution in [0.4, 0.5) is 24.5 Å². The lowest BCUT2D eigenvalue weighted by Gasteiger charge is -2.34. The van der Waals surface area contributed by atoms with Crippen molar-refractivity contribution in [3.8, 4) is 0 Å². The van der Waals surface area contributed by atoms with Crippen molar-refractivity contribution in [2.24, 2.45) is 0 Å². The number of carbonyl (C=O) groups is 1. The summed E-state index contributed by atoms with van der Waals surface area (Å²) in [5, 5.41) is 4.66. The van der Waals surface area contributed by atoms with Gasteiger partial charge in [-0.3, -0.25) is 4.79 Å². The van der Waals surface area contributed by atoms with E-state index in [1.165, 1.54) is 19.2 Å². The number of benzene rings is 1. The molecule has 35 heavy (non-hydrogen) atoms. The number of likely N-dealkylation sites (N-methyl/N-ethyl adjacent to an activating group) is 1. The molecular formula is C24H25ClF3N5O2. The first kappa shape index (κ1) is 23.9. The van der Waals surface area contributed by atoms with Gasteiger partial charge in [0, 0.05) is 32.0 Å². The Balaban J connectivity index is 1.43. The first-order chi connectivity index (χ1) is 16.7. The summed E-state index contributed by atoms with van der Waals surface area (Å²) in [5.74, 6) is -0.644. The molecule has 0 saturated carbocycles. The third-order valence-electron chi connectivity index (χ3n) is 6.64. The number of alkyl halides is 3. The lowest BCUT2D eigenvalue weighted by Crippen LogP contribution is -2.46. The van der Waals surface area contributed by atoms with Gasteiger partial charge in [-0.15, -0.1) is 0 Å². The quantitative estimate of drug-likeness (QED) is 0.492. The highest BCUT2D eigenvalue weighted by molar-refractivity contribution is 6.29. The number of halogens is 4. The monoisotopic (exact) mass is 507 g/mol. The first-order valence-corrected chi connectivity index (χ1v) is 12.0. The molecule has 1 amide bonds. The van der Waals surface area contributed by atoms with Crippen molar-refractivity contribution in [2.45, 2.75) is 50.4 Å². The molecule has 1 aromatic carbocycles. The van der Waals surface area contributed by atoms with Gasteiger partial charge in [-0.2, -0.15) is 18.3 Å². The minimum absolute atomic E-state index is 0.00224. The molecule has 2 aromatic heterocycles. The molecule has 186 valence electrons. The molecule has 1 saturated heterocycles. The van der Waals surface area contributed by atoms with Gasteiger partial charge in [0.15, 0.2) is 16.8 Å². The van der Waals surface area contributed by atoms with Crippen LogP contribution in [0.3, 0.4) is 0 Å². The number of rotatable bonds is 4. The summed E-state index contributed by atoms with van der Waals surface area (Å²) in [6.07, 6.45) is -0.0857. The van der Waals surface area contributed by atoms with E-state index in [9.17, 15) is 18.0 Å². The van der Waals surface area contributed by atoms with Crippen molar-refractivity contribution >= 4 is 34.5 Å². The Bertz CT molecular complexity index is 1220. The Morgan fingerprint density at radius 2 is 2.00 bits per heavy atom. The van der Waals surface area contributed by atoms with Crippen molar-refractivity contribution < 1.29 is 22.7 Å². The lowest BCUT2D eigenvalue weighted by molar-refractivity contribution is -0.194. The number of ether oxygens (including phenoxy) is 1. The molecule has 1 fully saturated rings. The molecule has 3 aromatic rings. The van der Waals surface area contributed by atoms with E-state index < -0.39 is 24.2 Å². The summed E-state index contributed by atoms with van der Waals surface area (Å²) in [5.41, 5.74) is 3.17. The minimum atomic E-state index is -4.63. The van der Waals surface area contributed by atoms with Gasteiger partial charge in [0.2, 0.25) is 0 Å². The molecule has 2 aliphatic heterocycles. The lowest BCUT2D eigenvalue weighted by atomic mass is 10.0. The molecule has 4 heterocycles. The van der Waals surface area contributed by atoms with Crippen LogP contribution in [-0.2, 0) is 16.0 Å². The number of nitrogens with zero attached hydrogens (tertiary/aromatic N) is 5. The van der Waals surface area contributed by atoms with E-state index in [0.29, 0.717) is 30.4 Å². The summed E-state index contributed by atoms with van der Waals surface area (Å²) in [7, 11) is 1.19. The van der Waals surface area contributed by atoms with Crippen LogP contribution in [0.25, 0.3) is 5.65 Å². The molecule has 0 aliphatic carbocycles. The summed E-state index contributed by atoms with van der Waals surface area (Å²) in [6, 6.07) is 5.80. The molecule has 0 bridgehead atoms. The number of aromatic nitrogens is 3. The maximum Gasteiger partial charge on any atom is 0.413 e. The van der Waals surface area contributed by atoms with Crippen LogP contribution in [0.2, 0.25) is 5.15 Å². The number of amides is 1. The molecule has 2 aliphatic rings. The van der Waals surface area contributed by atoms with Gasteiger partial charge >= 0.3 is 6.18 Å². The molecule has 0 spiro atoms. The summed E-state index contributed by atoms with van der Waals surface area (Å²) >= 11 is 6.05. The Labute approximate surface area is 205 Å². The van der Waals surface area contributed by atoms with E-state index in [1.54, 1.807) is 28.9 Å². The highest BCUT2D eigenvalue weighted by Gasteiger charge is 2.46. The summed E-state index contributed by atoms with van der Waals surface area (Å²) in [6.45, 7) is 1.08. The third-order valence-corrected chi connectivity index (χ3v) is 6.82. The second kappa shape index (κ2) is 9.31. The minimum Gasteiger partial charge on any atom is -0.368 e. The van der Waals surface area contributed by atoms with E-state index in [-0.39, 0.29) is 5.56 Å². The van der Waals surface area contributed by atoms with Crippen LogP contribution in [0.1, 0.15) is 43.0 Å². The maximum absolute atomic E-state index is 14.1. The second-order valence-electron chi connectivity index (χ2n) is 8.92. The highest BCUT2D eigenvalue weighted by Crippen LogP contribution is 2.40. The van der Waals surface area contributed by atoms with Crippen LogP contribution in [0.5, 0.6) is 0 Å². The highest BCUT2D eigenvalue weighted by atomic mass is 35.5. The molecule has 5 rings (SSSR count). The van der Waals surface area contributed by atoms with Crippen LogP contribution in [0, 0.1) is 0 Å². The number of fused-ring (bicyclic) bond motifs is 3. The van der Waals surface area contributed by atoms with Crippen LogP contribution < -0.4 is 4.90 Å². The first-order valence-electron chi connectivity index (χ1n) is 11.6. The maximum atomic E-state index is 14.1. The van der Waals surface area contributed by atoms with Crippen molar-refractivity contribution in [2.75, 3.05) is 25.1 Å². The zero-order valence-corrected chi connectivity index (χ0v) is 19.9. The van der Waals surface area contributed by atoms with Gasteiger partial charge in [-0.25, -0.2) is 9.50 Å². The normalized spacial score (nSPS) is 19.5. The van der Waals surface area contributed by atoms with E-state index >= 15 is 0 Å². The van der Waals surface area contributed by atoms with Gasteiger partial charge < -0.3 is 14.5 Å². The standard InChI is InChI=1S/C24H25ClF3N5O2/c1-31(23(34)19-6-2-3-12-35-19)22(24(26,27)28)15-7-9-16(10-8-15)32-11-4-5-17-18(32)14-29-21-13-20(25)30-33(17)21/h7-10,13-14,19,22H,2-6,11-12H2,1H3/t19?,22-/m0/s1. The Kier molecular flexibility index (Phi) is 6.35. The average Bonchev–Trinajstić information content (AvgIpc) is 3.24. The average molecular weight is 508 g/mol. The smallest absolute Gasteiger partial charge is 0.368 e. The predicted molar refractivity (Wildman–Crippen MR) is 125 cm³/mol. The number of aryl methyl sites for hydroxylation is 1. The van der Waals surface area contributed by atoms with Crippen molar-refractivity contribution in [3.63, 3.8) is 0 Å². The van der Waals surface area contributed by atoms with Gasteiger partial charge in [-0.05, 0) is 49.8 Å². The predicted octanol–water partition coefficient (Wildman–Crippen LogP) is 5.10. The fourth-order valence-corrected chi connectivity index (χ4v) is 5.13. The molecular weight excluding hydrogens is 483 g/mol. The molecule has 0 N–H and O–H groups in total. The Morgan fingerprint density at radius 1 is 1.23 bits per heavy atom. The molecule has 7 nitrogen and oxygen atoms in total. The third kappa shape index (κ3) is 4.56. The number of hydrogen-bond donors (Lipinski definition) is 0. The number of hydrogen-bond acceptors (Lipinski definition) is 5. The molecule has 2 atom stereocenters. The van der Waals surface area contributed by atoms with E-state index in [2.05, 4.69) is 10.1 Å². The van der Waals surface area contributed by atoms with E-state index in [1.807, 2.05) is 4.90 Å². The molecule has 1 unspecified atom stereocenters. The second-order valence-corrected chi connectivity index (χ2v) is 9.31. The van der Waals surface area contributed by atoms with Crippen molar-refractivity contribution in [1.29, 1.82) is 0 Å². The fraction of sp³-hybridized carbons (Fsp3) is 0.458. The Hall–Kier alpha value is -2.85. The van der Waals surface area contributed by atoms with Gasteiger partial charge in [0.25, 0.3) is 5.91 Å². The molecule has 0 radical (unpaired) electrons. The number of anilines is 2. The Morgan fingerprint density at radius 3 is 2.69 bits per heavy atom. The van der Waals surface area contributed by atoms with Crippen molar-refractivity contribution in [1.82, 2.24) is 19.5 Å². The van der Waals surface area contributed by atoms with Gasteiger partial charge in [0.1, 0.15) is 6.10 Å². The van der Waals surface area contributed by atoms with Crippen LogP contribution >= 0.6 is 11.6 Å². The molecule has 11 heteroatoms. The summed E-state index contributed by atoms with van der Waals surface area (Å²) in [4.78, 5) is 20.0. The zero-order valence-electron chi connectivity index (χ0n) is 19.1. The zero-order chi connectivity index (χ0) is 24.7. The van der Waals surface area contributed by atoms with Gasteiger partial charge in [-0.1, -0.05) is 23.7 Å². The van der Waals surface area contributed by atoms with E-state index in [0.717, 1.165) is 47.7 Å². The van der Waals surface area contributed by atoms with E-state index in [4.69, 9.17) is 16.3 Å². The fourth-order valence-electron chi connectivity index (χ4n) is 4.96. The van der Waals surface area contributed by atoms with Crippen LogP contribution in [-0.4, -0.2) is 57.9 Å². The topological polar surface area (TPSA) is 63.0 Å². The van der Waals surface area contributed by atoms with Crippen LogP contribution in [0.15, 0.2) is 36.5 Å². The largest absolute Gasteiger partial charge is 0.413 e. The van der Waals surface area contributed by atoms with Crippen molar-refractivity contribution in [3.05, 3.63) is 52.9 Å². The number of carbonyl (C=O) groups excluding carboxylic acids is 1. The SMILES string of the molecule is CN(C(=O)C1CCCCO1)[C@@H](c1ccc(N2CCCc3c2cnc2cc(Cl)nn32)cc1)C(F)(F)F. The summed E-state index contributed by atoms with van der Waals surface area (Å²) < 4.78 is 49.5.